The van der Waals surface area contributed by atoms with Gasteiger partial charge in [0.05, 0.1) is 21.2 Å². The first-order valence-electron chi connectivity index (χ1n) is 5.83. The normalized spacial score (nSPS) is 13.8. The van der Waals surface area contributed by atoms with Gasteiger partial charge >= 0.3 is 0 Å². The summed E-state index contributed by atoms with van der Waals surface area (Å²) < 4.78 is 17.0. The second-order valence-corrected chi connectivity index (χ2v) is 7.52. The van der Waals surface area contributed by atoms with Crippen molar-refractivity contribution in [3.63, 3.8) is 0 Å². The molecule has 0 fully saturated rings. The maximum absolute atomic E-state index is 13.0. The quantitative estimate of drug-likeness (QED) is 0.490. The van der Waals surface area contributed by atoms with Gasteiger partial charge in [-0.05, 0) is 24.5 Å². The number of hydrogen-bond donors (Lipinski definition) is 0. The number of benzene rings is 1. The third-order valence-corrected chi connectivity index (χ3v) is 5.69. The molecule has 0 radical (unpaired) electrons. The van der Waals surface area contributed by atoms with E-state index in [2.05, 4.69) is 14.3 Å². The summed E-state index contributed by atoms with van der Waals surface area (Å²) in [5.41, 5.74) is 0.633. The van der Waals surface area contributed by atoms with E-state index < -0.39 is 9.73 Å². The van der Waals surface area contributed by atoms with Gasteiger partial charge in [0.15, 0.2) is 5.16 Å². The summed E-state index contributed by atoms with van der Waals surface area (Å²) in [6, 6.07) is 10.8. The first kappa shape index (κ1) is 15.3. The van der Waals surface area contributed by atoms with Gasteiger partial charge < -0.3 is 0 Å². The van der Waals surface area contributed by atoms with E-state index in [1.165, 1.54) is 11.8 Å². The Balaban J connectivity index is 2.42. The van der Waals surface area contributed by atoms with Gasteiger partial charge in [0.2, 0.25) is 0 Å². The summed E-state index contributed by atoms with van der Waals surface area (Å²) in [5, 5.41) is 0.920. The molecule has 0 aliphatic heterocycles. The smallest absolute Gasteiger partial charge is 0.188 e. The van der Waals surface area contributed by atoms with Crippen molar-refractivity contribution in [2.75, 3.05) is 13.3 Å². The molecule has 0 N–H and O–H groups in total. The Morgan fingerprint density at radius 2 is 2.00 bits per heavy atom. The van der Waals surface area contributed by atoms with Crippen LogP contribution in [0.4, 0.5) is 0 Å². The number of hydrogen-bond acceptors (Lipinski definition) is 5. The van der Waals surface area contributed by atoms with Crippen LogP contribution in [0.3, 0.4) is 0 Å². The summed E-state index contributed by atoms with van der Waals surface area (Å²) in [6.07, 6.45) is 1.87. The van der Waals surface area contributed by atoms with Crippen LogP contribution in [-0.2, 0) is 15.5 Å². The third-order valence-electron chi connectivity index (χ3n) is 2.66. The van der Waals surface area contributed by atoms with Crippen molar-refractivity contribution in [1.29, 1.82) is 0 Å². The van der Waals surface area contributed by atoms with Crippen molar-refractivity contribution in [3.05, 3.63) is 47.2 Å². The van der Waals surface area contributed by atoms with E-state index in [0.717, 1.165) is 0 Å². The Hall–Kier alpha value is -1.11. The summed E-state index contributed by atoms with van der Waals surface area (Å²) >= 11 is 7.36. The molecule has 0 saturated carbocycles. The van der Waals surface area contributed by atoms with E-state index >= 15 is 0 Å². The lowest BCUT2D eigenvalue weighted by molar-refractivity contribution is 0.674. The number of nitrogens with zero attached hydrogens (tertiary/aromatic N) is 3. The van der Waals surface area contributed by atoms with Crippen LogP contribution in [0.5, 0.6) is 0 Å². The van der Waals surface area contributed by atoms with Crippen LogP contribution in [0.15, 0.2) is 50.8 Å². The molecule has 1 heterocycles. The molecule has 2 aromatic rings. The highest BCUT2D eigenvalue weighted by molar-refractivity contribution is 7.98. The van der Waals surface area contributed by atoms with Gasteiger partial charge in [-0.2, -0.15) is 0 Å². The Labute approximate surface area is 128 Å². The van der Waals surface area contributed by atoms with Crippen molar-refractivity contribution in [1.82, 2.24) is 9.97 Å². The zero-order valence-electron chi connectivity index (χ0n) is 11.1. The Bertz CT molecular complexity index is 713. The molecule has 0 amide bonds. The van der Waals surface area contributed by atoms with Gasteiger partial charge in [0.1, 0.15) is 5.15 Å². The van der Waals surface area contributed by atoms with Crippen LogP contribution in [0.25, 0.3) is 0 Å². The fourth-order valence-corrected chi connectivity index (χ4v) is 3.99. The fourth-order valence-electron chi connectivity index (χ4n) is 1.69. The lowest BCUT2D eigenvalue weighted by atomic mass is 10.4. The molecular formula is C13H14ClN3OS2. The maximum Gasteiger partial charge on any atom is 0.188 e. The van der Waals surface area contributed by atoms with Crippen molar-refractivity contribution in [2.24, 2.45) is 4.36 Å². The summed E-state index contributed by atoms with van der Waals surface area (Å²) in [6.45, 7) is 0. The van der Waals surface area contributed by atoms with Gasteiger partial charge in [-0.25, -0.2) is 18.5 Å². The molecule has 0 aliphatic rings. The van der Waals surface area contributed by atoms with E-state index in [0.29, 0.717) is 20.9 Å². The van der Waals surface area contributed by atoms with Crippen molar-refractivity contribution in [2.45, 2.75) is 15.8 Å². The van der Waals surface area contributed by atoms with Gasteiger partial charge in [-0.1, -0.05) is 41.6 Å². The standard InChI is InChI=1S/C13H14ClN3OS2/c1-15-20(18,11-6-4-3-5-7-11)9-10-8-12(14)17-13(16-10)19-2/h3-8H,9H2,1-2H3. The van der Waals surface area contributed by atoms with Crippen LogP contribution in [0, 0.1) is 0 Å². The second-order valence-electron chi connectivity index (χ2n) is 3.95. The van der Waals surface area contributed by atoms with E-state index in [-0.39, 0.29) is 5.75 Å². The molecule has 0 bridgehead atoms. The lowest BCUT2D eigenvalue weighted by Gasteiger charge is -2.10. The van der Waals surface area contributed by atoms with Crippen LogP contribution in [-0.4, -0.2) is 27.5 Å². The van der Waals surface area contributed by atoms with E-state index in [1.807, 2.05) is 36.6 Å². The zero-order valence-corrected chi connectivity index (χ0v) is 13.5. The number of halogens is 1. The Morgan fingerprint density at radius 3 is 2.60 bits per heavy atom. The van der Waals surface area contributed by atoms with Crippen LogP contribution in [0.1, 0.15) is 5.69 Å². The molecule has 106 valence electrons. The van der Waals surface area contributed by atoms with Crippen molar-refractivity contribution in [3.8, 4) is 0 Å². The largest absolute Gasteiger partial charge is 0.244 e. The number of thioether (sulfide) groups is 1. The first-order chi connectivity index (χ1) is 9.57. The van der Waals surface area contributed by atoms with Gasteiger partial charge in [-0.3, -0.25) is 0 Å². The molecule has 1 aromatic heterocycles. The van der Waals surface area contributed by atoms with Gasteiger partial charge in [0, 0.05) is 11.9 Å². The molecule has 1 atom stereocenters. The SMILES string of the molecule is CN=S(=O)(Cc1cc(Cl)nc(SC)n1)c1ccccc1. The molecule has 1 unspecified atom stereocenters. The predicted octanol–water partition coefficient (Wildman–Crippen LogP) is 3.51. The highest BCUT2D eigenvalue weighted by atomic mass is 35.5. The topological polar surface area (TPSA) is 55.2 Å². The minimum absolute atomic E-state index is 0.226. The molecule has 4 nitrogen and oxygen atoms in total. The fraction of sp³-hybridized carbons (Fsp3) is 0.231. The molecule has 0 aliphatic carbocycles. The van der Waals surface area contributed by atoms with E-state index in [4.69, 9.17) is 11.6 Å². The monoisotopic (exact) mass is 327 g/mol. The average molecular weight is 328 g/mol. The average Bonchev–Trinajstić information content (AvgIpc) is 2.47. The van der Waals surface area contributed by atoms with Crippen LogP contribution >= 0.6 is 23.4 Å². The van der Waals surface area contributed by atoms with Gasteiger partial charge in [-0.15, -0.1) is 0 Å². The minimum Gasteiger partial charge on any atom is -0.244 e. The van der Waals surface area contributed by atoms with Gasteiger partial charge in [0.25, 0.3) is 0 Å². The third kappa shape index (κ3) is 3.50. The Morgan fingerprint density at radius 1 is 1.30 bits per heavy atom. The van der Waals surface area contributed by atoms with Crippen molar-refractivity contribution >= 4 is 33.1 Å². The predicted molar refractivity (Wildman–Crippen MR) is 83.7 cm³/mol. The first-order valence-corrected chi connectivity index (χ1v) is 9.11. The molecule has 7 heteroatoms. The number of aromatic nitrogens is 2. The summed E-state index contributed by atoms with van der Waals surface area (Å²) in [4.78, 5) is 9.11. The van der Waals surface area contributed by atoms with Crippen molar-refractivity contribution < 1.29 is 4.21 Å². The van der Waals surface area contributed by atoms with Crippen LogP contribution < -0.4 is 0 Å². The molecule has 0 saturated heterocycles. The maximum atomic E-state index is 13.0. The lowest BCUT2D eigenvalue weighted by Crippen LogP contribution is -2.07. The van der Waals surface area contributed by atoms with E-state index in [1.54, 1.807) is 13.1 Å². The highest BCUT2D eigenvalue weighted by Gasteiger charge is 2.15. The minimum atomic E-state index is -2.53. The summed E-state index contributed by atoms with van der Waals surface area (Å²) in [5.74, 6) is 0.226. The number of rotatable bonds is 4. The zero-order chi connectivity index (χ0) is 14.6. The molecule has 20 heavy (non-hydrogen) atoms. The van der Waals surface area contributed by atoms with Crippen LogP contribution in [0.2, 0.25) is 5.15 Å². The molecule has 2 rings (SSSR count). The second kappa shape index (κ2) is 6.56. The summed E-state index contributed by atoms with van der Waals surface area (Å²) in [7, 11) is -0.971. The van der Waals surface area contributed by atoms with E-state index in [9.17, 15) is 4.21 Å². The molecular weight excluding hydrogens is 314 g/mol. The highest BCUT2D eigenvalue weighted by Crippen LogP contribution is 2.21. The Kier molecular flexibility index (Phi) is 5.01. The molecule has 0 spiro atoms. The molecule has 1 aromatic carbocycles.